The number of carboxylic acid groups (broad SMARTS) is 1. The van der Waals surface area contributed by atoms with Gasteiger partial charge >= 0.3 is 0 Å². The Morgan fingerprint density at radius 3 is 2.03 bits per heavy atom. The summed E-state index contributed by atoms with van der Waals surface area (Å²) in [5, 5.41) is 18.9. The summed E-state index contributed by atoms with van der Waals surface area (Å²) in [4.78, 5) is 24.2. The smallest absolute Gasteiger partial charge is 0.255 e. The van der Waals surface area contributed by atoms with Crippen LogP contribution in [0.5, 0.6) is 0 Å². The number of aromatic nitrogens is 2. The van der Waals surface area contributed by atoms with Crippen molar-refractivity contribution >= 4 is 18.0 Å². The number of para-hydroxylation sites is 1. The fraction of sp³-hybridized carbons (Fsp3) is 0. The van der Waals surface area contributed by atoms with Gasteiger partial charge in [-0.3, -0.25) is 4.79 Å². The van der Waals surface area contributed by atoms with Crippen LogP contribution in [0.4, 0.5) is 0 Å². The quantitative estimate of drug-likeness (QED) is 0.497. The summed E-state index contributed by atoms with van der Waals surface area (Å²) in [6, 6.07) is 27.3. The number of carbonyl (C=O) groups excluding carboxylic acids is 2. The van der Waals surface area contributed by atoms with Gasteiger partial charge in [0.2, 0.25) is 0 Å². The fourth-order valence-electron chi connectivity index (χ4n) is 3.11. The highest BCUT2D eigenvalue weighted by Gasteiger charge is 2.14. The van der Waals surface area contributed by atoms with Gasteiger partial charge in [-0.1, -0.05) is 66.7 Å². The molecule has 3 aromatic carbocycles. The lowest BCUT2D eigenvalue weighted by atomic mass is 10.1. The van der Waals surface area contributed by atoms with Gasteiger partial charge in [-0.25, -0.2) is 4.68 Å². The molecule has 0 atom stereocenters. The standard InChI is InChI=1S/C25H19N3O3/c29-24(19-12-6-2-7-13-19)26-22(25(30)31)16-20-17-28(21-14-8-3-9-15-21)27-23(20)18-10-4-1-5-11-18/h1-17H,(H,26,29)(H,30,31)/p-1. The van der Waals surface area contributed by atoms with Crippen LogP contribution in [0.15, 0.2) is 103 Å². The Morgan fingerprint density at radius 1 is 0.839 bits per heavy atom. The van der Waals surface area contributed by atoms with E-state index in [0.29, 0.717) is 16.8 Å². The number of hydrogen-bond acceptors (Lipinski definition) is 4. The summed E-state index contributed by atoms with van der Waals surface area (Å²) >= 11 is 0. The summed E-state index contributed by atoms with van der Waals surface area (Å²) in [5.41, 5.74) is 2.74. The normalized spacial score (nSPS) is 11.2. The zero-order chi connectivity index (χ0) is 21.6. The number of aliphatic carboxylic acids is 1. The molecule has 0 unspecified atom stereocenters. The number of amides is 1. The van der Waals surface area contributed by atoms with Crippen LogP contribution in [-0.2, 0) is 4.79 Å². The molecule has 0 spiro atoms. The number of benzene rings is 3. The molecule has 1 N–H and O–H groups in total. The zero-order valence-corrected chi connectivity index (χ0v) is 16.4. The number of nitrogens with zero attached hydrogens (tertiary/aromatic N) is 2. The molecule has 0 aliphatic rings. The molecule has 0 bridgehead atoms. The lowest BCUT2D eigenvalue weighted by Crippen LogP contribution is -2.35. The van der Waals surface area contributed by atoms with Gasteiger partial charge in [-0.15, -0.1) is 0 Å². The predicted octanol–water partition coefficient (Wildman–Crippen LogP) is 3.06. The molecule has 0 aliphatic heterocycles. The van der Waals surface area contributed by atoms with Gasteiger partial charge in [-0.05, 0) is 30.3 Å². The van der Waals surface area contributed by atoms with Crippen molar-refractivity contribution in [1.29, 1.82) is 0 Å². The fourth-order valence-corrected chi connectivity index (χ4v) is 3.11. The van der Waals surface area contributed by atoms with Gasteiger partial charge in [-0.2, -0.15) is 5.10 Å². The zero-order valence-electron chi connectivity index (χ0n) is 16.4. The van der Waals surface area contributed by atoms with E-state index < -0.39 is 11.9 Å². The predicted molar refractivity (Wildman–Crippen MR) is 116 cm³/mol. The molecule has 6 nitrogen and oxygen atoms in total. The second-order valence-electron chi connectivity index (χ2n) is 6.74. The van der Waals surface area contributed by atoms with Crippen LogP contribution >= 0.6 is 0 Å². The highest BCUT2D eigenvalue weighted by atomic mass is 16.4. The van der Waals surface area contributed by atoms with Crippen LogP contribution in [0.25, 0.3) is 23.0 Å². The Balaban J connectivity index is 1.77. The molecule has 0 fully saturated rings. The molecule has 1 heterocycles. The Labute approximate surface area is 179 Å². The summed E-state index contributed by atoms with van der Waals surface area (Å²) in [7, 11) is 0. The molecule has 0 aliphatic carbocycles. The van der Waals surface area contributed by atoms with Crippen LogP contribution in [-0.4, -0.2) is 21.7 Å². The summed E-state index contributed by atoms with van der Waals surface area (Å²) < 4.78 is 1.67. The number of nitrogens with one attached hydrogen (secondary N) is 1. The SMILES string of the molecule is O=C([O-])C(=Cc1cn(-c2ccccc2)nc1-c1ccccc1)NC(=O)c1ccccc1. The van der Waals surface area contributed by atoms with Gasteiger partial charge in [0.1, 0.15) is 5.69 Å². The van der Waals surface area contributed by atoms with Gasteiger partial charge in [0.25, 0.3) is 5.91 Å². The van der Waals surface area contributed by atoms with Crippen molar-refractivity contribution in [3.63, 3.8) is 0 Å². The van der Waals surface area contributed by atoms with E-state index in [9.17, 15) is 14.7 Å². The first-order chi connectivity index (χ1) is 15.1. The molecule has 1 aromatic heterocycles. The van der Waals surface area contributed by atoms with Gasteiger partial charge in [0.15, 0.2) is 0 Å². The minimum atomic E-state index is -1.49. The van der Waals surface area contributed by atoms with Crippen LogP contribution in [0.3, 0.4) is 0 Å². The summed E-state index contributed by atoms with van der Waals surface area (Å²) in [6.07, 6.45) is 3.08. The monoisotopic (exact) mass is 408 g/mol. The summed E-state index contributed by atoms with van der Waals surface area (Å²) in [6.45, 7) is 0. The maximum absolute atomic E-state index is 12.5. The molecule has 4 aromatic rings. The highest BCUT2D eigenvalue weighted by Crippen LogP contribution is 2.25. The third kappa shape index (κ3) is 4.59. The Kier molecular flexibility index (Phi) is 5.71. The van der Waals surface area contributed by atoms with Crippen molar-refractivity contribution in [1.82, 2.24) is 15.1 Å². The van der Waals surface area contributed by atoms with E-state index in [4.69, 9.17) is 0 Å². The average molecular weight is 408 g/mol. The van der Waals surface area contributed by atoms with E-state index in [-0.39, 0.29) is 5.70 Å². The van der Waals surface area contributed by atoms with Crippen LogP contribution < -0.4 is 10.4 Å². The van der Waals surface area contributed by atoms with Crippen LogP contribution in [0.2, 0.25) is 0 Å². The Morgan fingerprint density at radius 2 is 1.42 bits per heavy atom. The van der Waals surface area contributed by atoms with E-state index in [2.05, 4.69) is 10.4 Å². The first kappa shape index (κ1) is 19.8. The average Bonchev–Trinajstić information content (AvgIpc) is 3.24. The van der Waals surface area contributed by atoms with Crippen molar-refractivity contribution in [2.24, 2.45) is 0 Å². The lowest BCUT2D eigenvalue weighted by Gasteiger charge is -2.11. The number of rotatable bonds is 6. The van der Waals surface area contributed by atoms with E-state index in [0.717, 1.165) is 11.3 Å². The first-order valence-electron chi connectivity index (χ1n) is 9.62. The molecule has 0 radical (unpaired) electrons. The number of hydrogen-bond donors (Lipinski definition) is 1. The Bertz CT molecular complexity index is 1230. The molecule has 4 rings (SSSR count). The largest absolute Gasteiger partial charge is 0.543 e. The number of carboxylic acids is 1. The Hall–Kier alpha value is -4.45. The molecule has 1 amide bonds. The molecule has 0 saturated carbocycles. The van der Waals surface area contributed by atoms with E-state index in [1.165, 1.54) is 6.08 Å². The maximum atomic E-state index is 12.5. The summed E-state index contributed by atoms with van der Waals surface area (Å²) in [5.74, 6) is -2.02. The minimum absolute atomic E-state index is 0.345. The van der Waals surface area contributed by atoms with E-state index >= 15 is 0 Å². The van der Waals surface area contributed by atoms with Crippen molar-refractivity contribution < 1.29 is 14.7 Å². The third-order valence-electron chi connectivity index (χ3n) is 4.61. The van der Waals surface area contributed by atoms with Gasteiger partial charge in [0.05, 0.1) is 17.4 Å². The highest BCUT2D eigenvalue weighted by molar-refractivity contribution is 6.02. The topological polar surface area (TPSA) is 87.0 Å². The number of carbonyl (C=O) groups is 2. The molecular formula is C25H18N3O3-. The van der Waals surface area contributed by atoms with Crippen molar-refractivity contribution in [3.8, 4) is 16.9 Å². The second-order valence-corrected chi connectivity index (χ2v) is 6.74. The minimum Gasteiger partial charge on any atom is -0.543 e. The van der Waals surface area contributed by atoms with Gasteiger partial charge < -0.3 is 15.2 Å². The van der Waals surface area contributed by atoms with E-state index in [1.807, 2.05) is 60.7 Å². The van der Waals surface area contributed by atoms with Crippen molar-refractivity contribution in [3.05, 3.63) is 114 Å². The second kappa shape index (κ2) is 8.92. The maximum Gasteiger partial charge on any atom is 0.255 e. The molecular weight excluding hydrogens is 390 g/mol. The van der Waals surface area contributed by atoms with E-state index in [1.54, 1.807) is 41.2 Å². The molecule has 0 saturated heterocycles. The third-order valence-corrected chi connectivity index (χ3v) is 4.61. The first-order valence-corrected chi connectivity index (χ1v) is 9.62. The molecule has 6 heteroatoms. The van der Waals surface area contributed by atoms with Gasteiger partial charge in [0, 0.05) is 22.9 Å². The van der Waals surface area contributed by atoms with Crippen molar-refractivity contribution in [2.45, 2.75) is 0 Å². The van der Waals surface area contributed by atoms with Crippen LogP contribution in [0, 0.1) is 0 Å². The molecule has 152 valence electrons. The lowest BCUT2D eigenvalue weighted by molar-refractivity contribution is -0.299. The molecule has 31 heavy (non-hydrogen) atoms. The van der Waals surface area contributed by atoms with Crippen LogP contribution in [0.1, 0.15) is 15.9 Å². The van der Waals surface area contributed by atoms with Crippen molar-refractivity contribution in [2.75, 3.05) is 0 Å².